The van der Waals surface area contributed by atoms with Gasteiger partial charge in [0.05, 0.1) is 12.6 Å². The third-order valence-corrected chi connectivity index (χ3v) is 2.45. The molecule has 0 spiro atoms. The Hall–Kier alpha value is -1.06. The number of ketones is 1. The van der Waals surface area contributed by atoms with Crippen LogP contribution in [0.5, 0.6) is 0 Å². The number of guanidine groups is 1. The van der Waals surface area contributed by atoms with E-state index in [4.69, 9.17) is 0 Å². The zero-order chi connectivity index (χ0) is 10.7. The Labute approximate surface area is 85.4 Å². The van der Waals surface area contributed by atoms with E-state index in [9.17, 15) is 4.79 Å². The molecule has 0 radical (unpaired) electrons. The summed E-state index contributed by atoms with van der Waals surface area (Å²) in [5.41, 5.74) is 0. The van der Waals surface area contributed by atoms with E-state index < -0.39 is 0 Å². The quantitative estimate of drug-likeness (QED) is 0.716. The molecule has 0 aliphatic carbocycles. The minimum absolute atomic E-state index is 0.116. The highest BCUT2D eigenvalue weighted by atomic mass is 16.1. The van der Waals surface area contributed by atoms with Gasteiger partial charge in [-0.25, -0.2) is 0 Å². The Morgan fingerprint density at radius 2 is 2.21 bits per heavy atom. The summed E-state index contributed by atoms with van der Waals surface area (Å²) in [6.07, 6.45) is 0. The van der Waals surface area contributed by atoms with Crippen LogP contribution in [0, 0.1) is 5.92 Å². The van der Waals surface area contributed by atoms with Gasteiger partial charge < -0.3 is 10.2 Å². The number of nitrogens with zero attached hydrogens (tertiary/aromatic N) is 2. The molecule has 0 saturated heterocycles. The number of Topliss-reactive ketones (excluding diaryl/α,β-unsaturated/α-hetero) is 1. The van der Waals surface area contributed by atoms with Gasteiger partial charge in [-0.3, -0.25) is 9.79 Å². The topological polar surface area (TPSA) is 44.7 Å². The first kappa shape index (κ1) is 11.0. The van der Waals surface area contributed by atoms with Crippen LogP contribution in [0.2, 0.25) is 0 Å². The van der Waals surface area contributed by atoms with Crippen molar-refractivity contribution >= 4 is 11.7 Å². The normalized spacial score (nSPS) is 18.4. The van der Waals surface area contributed by atoms with Crippen LogP contribution < -0.4 is 5.32 Å². The van der Waals surface area contributed by atoms with Crippen molar-refractivity contribution in [3.63, 3.8) is 0 Å². The van der Waals surface area contributed by atoms with Crippen LogP contribution in [0.4, 0.5) is 0 Å². The minimum Gasteiger partial charge on any atom is -0.346 e. The number of carbonyl (C=O) groups is 1. The largest absolute Gasteiger partial charge is 0.346 e. The van der Waals surface area contributed by atoms with Gasteiger partial charge in [-0.15, -0.1) is 0 Å². The Morgan fingerprint density at radius 3 is 2.57 bits per heavy atom. The van der Waals surface area contributed by atoms with Crippen molar-refractivity contribution in [2.24, 2.45) is 10.9 Å². The lowest BCUT2D eigenvalue weighted by Gasteiger charge is -2.23. The Kier molecular flexibility index (Phi) is 3.49. The maximum Gasteiger partial charge on any atom is 0.194 e. The van der Waals surface area contributed by atoms with E-state index in [1.165, 1.54) is 0 Å². The van der Waals surface area contributed by atoms with Gasteiger partial charge in [0, 0.05) is 13.6 Å². The first-order chi connectivity index (χ1) is 6.52. The molecular weight excluding hydrogens is 178 g/mol. The zero-order valence-corrected chi connectivity index (χ0v) is 9.37. The summed E-state index contributed by atoms with van der Waals surface area (Å²) in [4.78, 5) is 17.7. The van der Waals surface area contributed by atoms with Crippen molar-refractivity contribution in [1.29, 1.82) is 0 Å². The standard InChI is InChI=1S/C10H19N3O/c1-7(2)9(8(3)14)12-10-11-5-6-13(10)4/h7,9H,5-6H2,1-4H3,(H,11,12). The third-order valence-electron chi connectivity index (χ3n) is 2.45. The predicted molar refractivity (Wildman–Crippen MR) is 57.4 cm³/mol. The van der Waals surface area contributed by atoms with Gasteiger partial charge in [-0.2, -0.15) is 0 Å². The maximum absolute atomic E-state index is 11.3. The lowest BCUT2D eigenvalue weighted by molar-refractivity contribution is -0.119. The van der Waals surface area contributed by atoms with Crippen molar-refractivity contribution in [1.82, 2.24) is 10.2 Å². The van der Waals surface area contributed by atoms with Gasteiger partial charge in [-0.05, 0) is 12.8 Å². The summed E-state index contributed by atoms with van der Waals surface area (Å²) < 4.78 is 0. The predicted octanol–water partition coefficient (Wildman–Crippen LogP) is 0.491. The van der Waals surface area contributed by atoms with E-state index >= 15 is 0 Å². The second-order valence-electron chi connectivity index (χ2n) is 4.10. The number of aliphatic imine (C=N–C) groups is 1. The second kappa shape index (κ2) is 4.44. The van der Waals surface area contributed by atoms with Crippen LogP contribution in [0.15, 0.2) is 4.99 Å². The van der Waals surface area contributed by atoms with Crippen molar-refractivity contribution in [3.8, 4) is 0 Å². The summed E-state index contributed by atoms with van der Waals surface area (Å²) in [5, 5.41) is 3.19. The summed E-state index contributed by atoms with van der Waals surface area (Å²) in [6.45, 7) is 7.45. The lowest BCUT2D eigenvalue weighted by Crippen LogP contribution is -2.47. The molecule has 1 rings (SSSR count). The number of likely N-dealkylation sites (N-methyl/N-ethyl adjacent to an activating group) is 1. The molecule has 1 aliphatic rings. The molecule has 0 saturated carbocycles. The average Bonchev–Trinajstić information content (AvgIpc) is 2.46. The smallest absolute Gasteiger partial charge is 0.194 e. The van der Waals surface area contributed by atoms with Crippen LogP contribution in [-0.4, -0.2) is 42.8 Å². The molecule has 0 aromatic rings. The third kappa shape index (κ3) is 2.47. The summed E-state index contributed by atoms with van der Waals surface area (Å²) >= 11 is 0. The van der Waals surface area contributed by atoms with Crippen LogP contribution in [-0.2, 0) is 4.79 Å². The lowest BCUT2D eigenvalue weighted by atomic mass is 10.0. The van der Waals surface area contributed by atoms with E-state index in [1.807, 2.05) is 25.8 Å². The molecule has 0 bridgehead atoms. The summed E-state index contributed by atoms with van der Waals surface area (Å²) in [7, 11) is 1.98. The summed E-state index contributed by atoms with van der Waals surface area (Å²) in [6, 6.07) is -0.116. The van der Waals surface area contributed by atoms with Crippen LogP contribution in [0.1, 0.15) is 20.8 Å². The molecule has 14 heavy (non-hydrogen) atoms. The molecular formula is C10H19N3O. The fourth-order valence-corrected chi connectivity index (χ4v) is 1.57. The van der Waals surface area contributed by atoms with Crippen molar-refractivity contribution < 1.29 is 4.79 Å². The molecule has 80 valence electrons. The molecule has 1 heterocycles. The van der Waals surface area contributed by atoms with Crippen molar-refractivity contribution in [2.45, 2.75) is 26.8 Å². The van der Waals surface area contributed by atoms with Gasteiger partial charge in [-0.1, -0.05) is 13.8 Å². The van der Waals surface area contributed by atoms with Gasteiger partial charge in [0.1, 0.15) is 0 Å². The van der Waals surface area contributed by atoms with Crippen molar-refractivity contribution in [3.05, 3.63) is 0 Å². The molecule has 0 amide bonds. The molecule has 0 fully saturated rings. The van der Waals surface area contributed by atoms with Crippen LogP contribution in [0.25, 0.3) is 0 Å². The van der Waals surface area contributed by atoms with E-state index in [0.717, 1.165) is 19.0 Å². The first-order valence-corrected chi connectivity index (χ1v) is 5.05. The molecule has 0 aromatic carbocycles. The van der Waals surface area contributed by atoms with Crippen LogP contribution >= 0.6 is 0 Å². The fraction of sp³-hybridized carbons (Fsp3) is 0.800. The number of hydrogen-bond donors (Lipinski definition) is 1. The van der Waals surface area contributed by atoms with E-state index in [2.05, 4.69) is 10.3 Å². The van der Waals surface area contributed by atoms with Crippen molar-refractivity contribution in [2.75, 3.05) is 20.1 Å². The maximum atomic E-state index is 11.3. The van der Waals surface area contributed by atoms with E-state index in [1.54, 1.807) is 6.92 Å². The highest BCUT2D eigenvalue weighted by molar-refractivity contribution is 5.89. The molecule has 4 nitrogen and oxygen atoms in total. The highest BCUT2D eigenvalue weighted by Crippen LogP contribution is 2.05. The number of nitrogens with one attached hydrogen (secondary N) is 1. The monoisotopic (exact) mass is 197 g/mol. The zero-order valence-electron chi connectivity index (χ0n) is 9.37. The Morgan fingerprint density at radius 1 is 1.57 bits per heavy atom. The minimum atomic E-state index is -0.116. The molecule has 1 aliphatic heterocycles. The Balaban J connectivity index is 2.60. The molecule has 1 N–H and O–H groups in total. The fourth-order valence-electron chi connectivity index (χ4n) is 1.57. The second-order valence-corrected chi connectivity index (χ2v) is 4.10. The average molecular weight is 197 g/mol. The first-order valence-electron chi connectivity index (χ1n) is 5.05. The van der Waals surface area contributed by atoms with E-state index in [-0.39, 0.29) is 11.8 Å². The Bertz CT molecular complexity index is 248. The molecule has 0 aromatic heterocycles. The van der Waals surface area contributed by atoms with Gasteiger partial charge in [0.2, 0.25) is 0 Å². The summed E-state index contributed by atoms with van der Waals surface area (Å²) in [5.74, 6) is 1.31. The van der Waals surface area contributed by atoms with Crippen LogP contribution in [0.3, 0.4) is 0 Å². The van der Waals surface area contributed by atoms with Gasteiger partial charge in [0.25, 0.3) is 0 Å². The van der Waals surface area contributed by atoms with Gasteiger partial charge >= 0.3 is 0 Å². The molecule has 1 unspecified atom stereocenters. The van der Waals surface area contributed by atoms with E-state index in [0.29, 0.717) is 5.92 Å². The molecule has 4 heteroatoms. The SMILES string of the molecule is CC(=O)C(NC1=NCCN1C)C(C)C. The number of carbonyl (C=O) groups excluding carboxylic acids is 1. The molecule has 1 atom stereocenters. The highest BCUT2D eigenvalue weighted by Gasteiger charge is 2.22. The number of hydrogen-bond acceptors (Lipinski definition) is 4. The van der Waals surface area contributed by atoms with Gasteiger partial charge in [0.15, 0.2) is 11.7 Å². The number of rotatable bonds is 3.